The Hall–Kier alpha value is -0.740. The molecule has 1 N–H and O–H groups in total. The van der Waals surface area contributed by atoms with Gasteiger partial charge in [0.05, 0.1) is 6.04 Å². The van der Waals surface area contributed by atoms with Gasteiger partial charge in [0.25, 0.3) is 6.43 Å². The van der Waals surface area contributed by atoms with E-state index < -0.39 is 18.3 Å². The molecular formula is C10H11ClF3N. The van der Waals surface area contributed by atoms with Crippen LogP contribution in [0.4, 0.5) is 13.2 Å². The van der Waals surface area contributed by atoms with Crippen molar-refractivity contribution < 1.29 is 13.2 Å². The third-order valence-electron chi connectivity index (χ3n) is 1.97. The minimum atomic E-state index is -2.62. The molecule has 0 radical (unpaired) electrons. The summed E-state index contributed by atoms with van der Waals surface area (Å²) in [5.41, 5.74) is 0.0912. The fourth-order valence-corrected chi connectivity index (χ4v) is 1.54. The number of rotatable bonds is 4. The highest BCUT2D eigenvalue weighted by molar-refractivity contribution is 6.31. The zero-order chi connectivity index (χ0) is 11.4. The zero-order valence-electron chi connectivity index (χ0n) is 8.11. The topological polar surface area (TPSA) is 12.0 Å². The van der Waals surface area contributed by atoms with Crippen LogP contribution in [0.15, 0.2) is 18.2 Å². The average Bonchev–Trinajstić information content (AvgIpc) is 2.18. The Morgan fingerprint density at radius 3 is 2.60 bits per heavy atom. The van der Waals surface area contributed by atoms with Crippen LogP contribution in [-0.4, -0.2) is 13.0 Å². The monoisotopic (exact) mass is 237 g/mol. The molecule has 1 aromatic carbocycles. The minimum absolute atomic E-state index is 0.0912. The van der Waals surface area contributed by atoms with Crippen molar-refractivity contribution in [2.75, 3.05) is 6.54 Å². The van der Waals surface area contributed by atoms with Gasteiger partial charge in [-0.1, -0.05) is 18.5 Å². The van der Waals surface area contributed by atoms with E-state index in [0.717, 1.165) is 12.1 Å². The van der Waals surface area contributed by atoms with E-state index in [2.05, 4.69) is 5.32 Å². The molecule has 0 aliphatic heterocycles. The van der Waals surface area contributed by atoms with Crippen molar-refractivity contribution >= 4 is 11.6 Å². The summed E-state index contributed by atoms with van der Waals surface area (Å²) in [5, 5.41) is 2.71. The molecule has 1 rings (SSSR count). The van der Waals surface area contributed by atoms with Gasteiger partial charge in [0, 0.05) is 5.02 Å². The Kier molecular flexibility index (Phi) is 4.42. The quantitative estimate of drug-likeness (QED) is 0.846. The van der Waals surface area contributed by atoms with Gasteiger partial charge in [-0.3, -0.25) is 0 Å². The minimum Gasteiger partial charge on any atom is -0.305 e. The number of hydrogen-bond donors (Lipinski definition) is 1. The summed E-state index contributed by atoms with van der Waals surface area (Å²) in [6.07, 6.45) is -2.62. The van der Waals surface area contributed by atoms with Crippen molar-refractivity contribution in [2.45, 2.75) is 19.4 Å². The molecule has 15 heavy (non-hydrogen) atoms. The third kappa shape index (κ3) is 3.11. The first-order valence-electron chi connectivity index (χ1n) is 4.52. The van der Waals surface area contributed by atoms with Crippen molar-refractivity contribution in [3.8, 4) is 0 Å². The van der Waals surface area contributed by atoms with Gasteiger partial charge in [-0.2, -0.15) is 0 Å². The molecule has 5 heteroatoms. The summed E-state index contributed by atoms with van der Waals surface area (Å²) in [4.78, 5) is 0. The van der Waals surface area contributed by atoms with Crippen LogP contribution in [0.3, 0.4) is 0 Å². The van der Waals surface area contributed by atoms with Crippen molar-refractivity contribution in [1.82, 2.24) is 5.32 Å². The first-order chi connectivity index (χ1) is 7.06. The standard InChI is InChI=1S/C10H11ClF3N/c1-2-15-9(10(13)14)7-5-6(12)3-4-8(7)11/h3-5,9-10,15H,2H2,1H3. The van der Waals surface area contributed by atoms with E-state index in [9.17, 15) is 13.2 Å². The molecule has 0 fully saturated rings. The maximum atomic E-state index is 12.9. The fraction of sp³-hybridized carbons (Fsp3) is 0.400. The van der Waals surface area contributed by atoms with E-state index in [0.29, 0.717) is 6.54 Å². The molecule has 1 nitrogen and oxygen atoms in total. The summed E-state index contributed by atoms with van der Waals surface area (Å²) >= 11 is 5.73. The van der Waals surface area contributed by atoms with Crippen LogP contribution in [0.25, 0.3) is 0 Å². The summed E-state index contributed by atoms with van der Waals surface area (Å²) in [6.45, 7) is 2.06. The van der Waals surface area contributed by atoms with Crippen molar-refractivity contribution in [2.24, 2.45) is 0 Å². The molecular weight excluding hydrogens is 227 g/mol. The Morgan fingerprint density at radius 1 is 1.40 bits per heavy atom. The lowest BCUT2D eigenvalue weighted by atomic mass is 10.1. The van der Waals surface area contributed by atoms with E-state index in [4.69, 9.17) is 11.6 Å². The Balaban J connectivity index is 3.04. The molecule has 0 amide bonds. The highest BCUT2D eigenvalue weighted by atomic mass is 35.5. The fourth-order valence-electron chi connectivity index (χ4n) is 1.31. The molecule has 1 unspecified atom stereocenters. The summed E-state index contributed by atoms with van der Waals surface area (Å²) in [5.74, 6) is -0.571. The van der Waals surface area contributed by atoms with Crippen LogP contribution in [0.5, 0.6) is 0 Å². The smallest absolute Gasteiger partial charge is 0.257 e. The predicted octanol–water partition coefficient (Wildman–Crippen LogP) is 3.39. The van der Waals surface area contributed by atoms with Gasteiger partial charge >= 0.3 is 0 Å². The SMILES string of the molecule is CCNC(c1cc(F)ccc1Cl)C(F)F. The van der Waals surface area contributed by atoms with Crippen LogP contribution < -0.4 is 5.32 Å². The van der Waals surface area contributed by atoms with E-state index in [1.54, 1.807) is 6.92 Å². The predicted molar refractivity (Wildman–Crippen MR) is 53.8 cm³/mol. The molecule has 0 aliphatic carbocycles. The van der Waals surface area contributed by atoms with Crippen molar-refractivity contribution in [3.63, 3.8) is 0 Å². The van der Waals surface area contributed by atoms with E-state index in [-0.39, 0.29) is 10.6 Å². The second-order valence-electron chi connectivity index (χ2n) is 3.04. The maximum Gasteiger partial charge on any atom is 0.257 e. The largest absolute Gasteiger partial charge is 0.305 e. The lowest BCUT2D eigenvalue weighted by molar-refractivity contribution is 0.0992. The lowest BCUT2D eigenvalue weighted by Crippen LogP contribution is -2.27. The van der Waals surface area contributed by atoms with E-state index >= 15 is 0 Å². The van der Waals surface area contributed by atoms with Crippen LogP contribution in [-0.2, 0) is 0 Å². The number of halogens is 4. The lowest BCUT2D eigenvalue weighted by Gasteiger charge is -2.18. The molecule has 0 aromatic heterocycles. The Morgan fingerprint density at radius 2 is 2.07 bits per heavy atom. The number of hydrogen-bond acceptors (Lipinski definition) is 1. The number of benzene rings is 1. The van der Waals surface area contributed by atoms with Crippen LogP contribution in [0, 0.1) is 5.82 Å². The van der Waals surface area contributed by atoms with Crippen molar-refractivity contribution in [1.29, 1.82) is 0 Å². The molecule has 0 aliphatic rings. The van der Waals surface area contributed by atoms with Gasteiger partial charge in [-0.25, -0.2) is 13.2 Å². The molecule has 0 saturated carbocycles. The van der Waals surface area contributed by atoms with E-state index in [1.165, 1.54) is 6.07 Å². The second kappa shape index (κ2) is 5.37. The van der Waals surface area contributed by atoms with Crippen LogP contribution in [0.2, 0.25) is 5.02 Å². The van der Waals surface area contributed by atoms with Gasteiger partial charge in [-0.15, -0.1) is 0 Å². The van der Waals surface area contributed by atoms with Crippen LogP contribution >= 0.6 is 11.6 Å². The highest BCUT2D eigenvalue weighted by Crippen LogP contribution is 2.28. The molecule has 84 valence electrons. The van der Waals surface area contributed by atoms with Gasteiger partial charge in [-0.05, 0) is 30.3 Å². The summed E-state index contributed by atoms with van der Waals surface area (Å²) in [7, 11) is 0. The van der Waals surface area contributed by atoms with Crippen molar-refractivity contribution in [3.05, 3.63) is 34.6 Å². The Bertz CT molecular complexity index is 330. The number of nitrogens with one attached hydrogen (secondary N) is 1. The van der Waals surface area contributed by atoms with E-state index in [1.807, 2.05) is 0 Å². The van der Waals surface area contributed by atoms with Gasteiger partial charge in [0.15, 0.2) is 0 Å². The molecule has 1 aromatic rings. The first-order valence-corrected chi connectivity index (χ1v) is 4.90. The molecule has 0 spiro atoms. The molecule has 1 atom stereocenters. The molecule has 0 heterocycles. The zero-order valence-corrected chi connectivity index (χ0v) is 8.86. The summed E-state index contributed by atoms with van der Waals surface area (Å²) < 4.78 is 38.2. The Labute approximate surface area is 91.2 Å². The third-order valence-corrected chi connectivity index (χ3v) is 2.31. The summed E-state index contributed by atoms with van der Waals surface area (Å²) in [6, 6.07) is 2.22. The first kappa shape index (κ1) is 12.3. The normalized spacial score (nSPS) is 13.2. The highest BCUT2D eigenvalue weighted by Gasteiger charge is 2.23. The molecule has 0 saturated heterocycles. The van der Waals surface area contributed by atoms with Gasteiger partial charge in [0.2, 0.25) is 0 Å². The number of alkyl halides is 2. The molecule has 0 bridgehead atoms. The van der Waals surface area contributed by atoms with Gasteiger partial charge < -0.3 is 5.32 Å². The maximum absolute atomic E-state index is 12.9. The van der Waals surface area contributed by atoms with Crippen LogP contribution in [0.1, 0.15) is 18.5 Å². The van der Waals surface area contributed by atoms with Gasteiger partial charge in [0.1, 0.15) is 5.82 Å². The average molecular weight is 238 g/mol. The second-order valence-corrected chi connectivity index (χ2v) is 3.44.